The van der Waals surface area contributed by atoms with E-state index < -0.39 is 41.3 Å². The minimum atomic E-state index is -1.18. The van der Waals surface area contributed by atoms with Gasteiger partial charge in [-0.25, -0.2) is 9.18 Å². The third kappa shape index (κ3) is 4.64. The number of rotatable bonds is 5. The zero-order valence-electron chi connectivity index (χ0n) is 21.8. The van der Waals surface area contributed by atoms with Crippen LogP contribution in [0.5, 0.6) is 0 Å². The van der Waals surface area contributed by atoms with Gasteiger partial charge in [0, 0.05) is 27.9 Å². The number of hydrogen-bond donors (Lipinski definition) is 1. The maximum absolute atomic E-state index is 14.5. The Balaban J connectivity index is 1.83. The third-order valence-corrected chi connectivity index (χ3v) is 7.63. The van der Waals surface area contributed by atoms with Crippen molar-refractivity contribution >= 4 is 35.0 Å². The standard InChI is InChI=1S/C31H26ClFN2O5/c1-39-30(37)25-22(17-7-4-3-5-8-17)16-23-26(28(25)36)24(18-9-6-10-19(32)15-18)27(31(38)40-2)29(34)35(23)21-13-11-20(33)12-14-21/h3-15,22,24-25H,16,34H2,1-2H3. The molecule has 7 nitrogen and oxygen atoms in total. The summed E-state index contributed by atoms with van der Waals surface area (Å²) in [6.07, 6.45) is 0.203. The normalized spacial score (nSPS) is 20.8. The SMILES string of the molecule is COC(=O)C1=C(N)N(c2ccc(F)cc2)C2=C(C(=O)C(C(=O)OC)C(c3ccccc3)C2)C1c1cccc(Cl)c1. The molecule has 0 saturated heterocycles. The molecule has 2 aliphatic rings. The van der Waals surface area contributed by atoms with Crippen LogP contribution in [0.25, 0.3) is 0 Å². The van der Waals surface area contributed by atoms with Crippen LogP contribution in [0.4, 0.5) is 10.1 Å². The summed E-state index contributed by atoms with van der Waals surface area (Å²) in [5.41, 5.74) is 9.15. The number of anilines is 1. The zero-order chi connectivity index (χ0) is 28.6. The second-order valence-electron chi connectivity index (χ2n) is 9.54. The molecule has 2 N–H and O–H groups in total. The van der Waals surface area contributed by atoms with Gasteiger partial charge >= 0.3 is 11.9 Å². The number of nitrogens with zero attached hydrogens (tertiary/aromatic N) is 1. The van der Waals surface area contributed by atoms with Gasteiger partial charge in [-0.05, 0) is 53.9 Å². The molecule has 3 atom stereocenters. The summed E-state index contributed by atoms with van der Waals surface area (Å²) >= 11 is 6.33. The lowest BCUT2D eigenvalue weighted by atomic mass is 9.67. The van der Waals surface area contributed by atoms with E-state index in [0.29, 0.717) is 22.0 Å². The fraction of sp³-hybridized carbons (Fsp3) is 0.194. The van der Waals surface area contributed by atoms with Gasteiger partial charge in [0.2, 0.25) is 0 Å². The van der Waals surface area contributed by atoms with Gasteiger partial charge in [-0.15, -0.1) is 0 Å². The molecule has 0 saturated carbocycles. The molecule has 204 valence electrons. The molecule has 3 aromatic rings. The van der Waals surface area contributed by atoms with Gasteiger partial charge in [0.05, 0.1) is 25.7 Å². The lowest BCUT2D eigenvalue weighted by Gasteiger charge is -2.44. The number of methoxy groups -OCH3 is 2. The number of halogens is 2. The number of nitrogens with two attached hydrogens (primary N) is 1. The lowest BCUT2D eigenvalue weighted by molar-refractivity contribution is -0.150. The first-order valence-corrected chi connectivity index (χ1v) is 12.9. The second kappa shape index (κ2) is 11.0. The van der Waals surface area contributed by atoms with Crippen LogP contribution in [0.2, 0.25) is 5.02 Å². The van der Waals surface area contributed by atoms with Crippen LogP contribution < -0.4 is 10.6 Å². The first-order chi connectivity index (χ1) is 19.3. The van der Waals surface area contributed by atoms with Crippen LogP contribution in [-0.4, -0.2) is 31.9 Å². The molecule has 0 radical (unpaired) electrons. The van der Waals surface area contributed by atoms with Crippen LogP contribution in [0.1, 0.15) is 29.4 Å². The number of carbonyl (C=O) groups excluding carboxylic acids is 3. The summed E-state index contributed by atoms with van der Waals surface area (Å²) in [4.78, 5) is 42.6. The van der Waals surface area contributed by atoms with Crippen molar-refractivity contribution in [3.63, 3.8) is 0 Å². The first-order valence-electron chi connectivity index (χ1n) is 12.6. The second-order valence-corrected chi connectivity index (χ2v) is 9.97. The number of esters is 2. The predicted molar refractivity (Wildman–Crippen MR) is 148 cm³/mol. The minimum absolute atomic E-state index is 0.00275. The van der Waals surface area contributed by atoms with Crippen molar-refractivity contribution in [2.75, 3.05) is 19.1 Å². The first kappa shape index (κ1) is 27.1. The number of carbonyl (C=O) groups is 3. The van der Waals surface area contributed by atoms with E-state index in [2.05, 4.69) is 0 Å². The fourth-order valence-corrected chi connectivity index (χ4v) is 5.85. The van der Waals surface area contributed by atoms with Crippen molar-refractivity contribution < 1.29 is 28.2 Å². The lowest BCUT2D eigenvalue weighted by Crippen LogP contribution is -2.46. The average molecular weight is 561 g/mol. The summed E-state index contributed by atoms with van der Waals surface area (Å²) in [5.74, 6) is -5.13. The molecule has 0 fully saturated rings. The molecule has 1 aliphatic carbocycles. The Morgan fingerprint density at radius 2 is 1.62 bits per heavy atom. The van der Waals surface area contributed by atoms with Crippen molar-refractivity contribution in [1.29, 1.82) is 0 Å². The minimum Gasteiger partial charge on any atom is -0.468 e. The van der Waals surface area contributed by atoms with Crippen molar-refractivity contribution in [1.82, 2.24) is 0 Å². The van der Waals surface area contributed by atoms with Crippen LogP contribution >= 0.6 is 11.6 Å². The van der Waals surface area contributed by atoms with Crippen molar-refractivity contribution in [3.05, 3.63) is 123 Å². The van der Waals surface area contributed by atoms with E-state index in [1.807, 2.05) is 30.3 Å². The average Bonchev–Trinajstić information content (AvgIpc) is 2.96. The molecule has 1 heterocycles. The number of allylic oxidation sites excluding steroid dienone is 2. The molecule has 40 heavy (non-hydrogen) atoms. The molecular weight excluding hydrogens is 535 g/mol. The Bertz CT molecular complexity index is 1550. The highest BCUT2D eigenvalue weighted by Crippen LogP contribution is 2.51. The molecule has 3 aromatic carbocycles. The maximum atomic E-state index is 14.5. The Morgan fingerprint density at radius 1 is 0.950 bits per heavy atom. The highest BCUT2D eigenvalue weighted by atomic mass is 35.5. The number of ketones is 1. The maximum Gasteiger partial charge on any atom is 0.338 e. The molecule has 0 bridgehead atoms. The number of Topliss-reactive ketones (excluding diaryl/α,β-unsaturated/α-hetero) is 1. The van der Waals surface area contributed by atoms with Gasteiger partial charge in [-0.2, -0.15) is 0 Å². The van der Waals surface area contributed by atoms with Gasteiger partial charge in [0.15, 0.2) is 5.78 Å². The molecule has 5 rings (SSSR count). The Kier molecular flexibility index (Phi) is 7.45. The van der Waals surface area contributed by atoms with Gasteiger partial charge in [0.1, 0.15) is 17.6 Å². The van der Waals surface area contributed by atoms with Crippen molar-refractivity contribution in [2.24, 2.45) is 11.7 Å². The largest absolute Gasteiger partial charge is 0.468 e. The summed E-state index contributed by atoms with van der Waals surface area (Å²) in [7, 11) is 2.45. The third-order valence-electron chi connectivity index (χ3n) is 7.39. The molecule has 1 aliphatic heterocycles. The molecule has 9 heteroatoms. The van der Waals surface area contributed by atoms with E-state index in [-0.39, 0.29) is 23.4 Å². The van der Waals surface area contributed by atoms with Crippen LogP contribution in [0, 0.1) is 11.7 Å². The van der Waals surface area contributed by atoms with E-state index in [1.165, 1.54) is 38.5 Å². The predicted octanol–water partition coefficient (Wildman–Crippen LogP) is 5.23. The van der Waals surface area contributed by atoms with E-state index in [0.717, 1.165) is 5.56 Å². The van der Waals surface area contributed by atoms with Gasteiger partial charge in [-0.3, -0.25) is 14.5 Å². The Morgan fingerprint density at radius 3 is 2.25 bits per heavy atom. The molecular formula is C31H26ClFN2O5. The summed E-state index contributed by atoms with van der Waals surface area (Å²) in [5, 5.41) is 0.387. The molecule has 0 amide bonds. The van der Waals surface area contributed by atoms with Crippen LogP contribution in [0.3, 0.4) is 0 Å². The molecule has 0 aromatic heterocycles. The van der Waals surface area contributed by atoms with Gasteiger partial charge in [0.25, 0.3) is 0 Å². The number of benzene rings is 3. The summed E-state index contributed by atoms with van der Waals surface area (Å²) in [6.45, 7) is 0. The Hall–Kier alpha value is -4.43. The van der Waals surface area contributed by atoms with E-state index in [1.54, 1.807) is 29.2 Å². The van der Waals surface area contributed by atoms with E-state index in [4.69, 9.17) is 26.8 Å². The van der Waals surface area contributed by atoms with Crippen LogP contribution in [0.15, 0.2) is 102 Å². The monoisotopic (exact) mass is 560 g/mol. The van der Waals surface area contributed by atoms with E-state index in [9.17, 15) is 18.8 Å². The highest BCUT2D eigenvalue weighted by molar-refractivity contribution is 6.30. The van der Waals surface area contributed by atoms with E-state index >= 15 is 0 Å². The summed E-state index contributed by atoms with van der Waals surface area (Å²) in [6, 6.07) is 21.5. The van der Waals surface area contributed by atoms with Gasteiger partial charge in [-0.1, -0.05) is 54.1 Å². The zero-order valence-corrected chi connectivity index (χ0v) is 22.5. The number of hydrogen-bond acceptors (Lipinski definition) is 7. The topological polar surface area (TPSA) is 98.9 Å². The quantitative estimate of drug-likeness (QED) is 0.337. The van der Waals surface area contributed by atoms with Crippen LogP contribution in [-0.2, 0) is 23.9 Å². The fourth-order valence-electron chi connectivity index (χ4n) is 5.65. The van der Waals surface area contributed by atoms with Crippen molar-refractivity contribution in [3.8, 4) is 0 Å². The molecule has 0 spiro atoms. The summed E-state index contributed by atoms with van der Waals surface area (Å²) < 4.78 is 24.2. The Labute approximate surface area is 235 Å². The highest BCUT2D eigenvalue weighted by Gasteiger charge is 2.51. The van der Waals surface area contributed by atoms with Crippen molar-refractivity contribution in [2.45, 2.75) is 18.3 Å². The number of ether oxygens (including phenoxy) is 2. The smallest absolute Gasteiger partial charge is 0.338 e. The van der Waals surface area contributed by atoms with Gasteiger partial charge < -0.3 is 15.2 Å². The molecule has 3 unspecified atom stereocenters.